The van der Waals surface area contributed by atoms with Gasteiger partial charge >= 0.3 is 0 Å². The second-order valence-corrected chi connectivity index (χ2v) is 5.06. The maximum atomic E-state index is 4.79. The Hall–Kier alpha value is -2.09. The number of fused-ring (bicyclic) bond motifs is 1. The van der Waals surface area contributed by atoms with Crippen LogP contribution in [0.15, 0.2) is 42.6 Å². The molecular weight excluding hydrogens is 232 g/mol. The van der Waals surface area contributed by atoms with Gasteiger partial charge in [-0.05, 0) is 31.9 Å². The lowest BCUT2D eigenvalue weighted by Crippen LogP contribution is -1.93. The molecule has 19 heavy (non-hydrogen) atoms. The molecule has 0 aliphatic rings. The van der Waals surface area contributed by atoms with Gasteiger partial charge in [-0.15, -0.1) is 0 Å². The van der Waals surface area contributed by atoms with Gasteiger partial charge in [0.25, 0.3) is 0 Å². The van der Waals surface area contributed by atoms with E-state index in [0.29, 0.717) is 0 Å². The second kappa shape index (κ2) is 4.54. The Balaban J connectivity index is 2.25. The molecule has 1 aromatic carbocycles. The van der Waals surface area contributed by atoms with E-state index in [0.717, 1.165) is 17.8 Å². The molecule has 0 unspecified atom stereocenters. The van der Waals surface area contributed by atoms with Crippen molar-refractivity contribution in [2.45, 2.75) is 27.2 Å². The Kier molecular flexibility index (Phi) is 2.86. The first-order valence-corrected chi connectivity index (χ1v) is 6.73. The lowest BCUT2D eigenvalue weighted by Gasteiger charge is -2.03. The summed E-state index contributed by atoms with van der Waals surface area (Å²) in [6.07, 6.45) is 3.15. The number of imidazole rings is 1. The van der Waals surface area contributed by atoms with Crippen LogP contribution in [0.25, 0.3) is 16.9 Å². The van der Waals surface area contributed by atoms with Gasteiger partial charge in [0.2, 0.25) is 0 Å². The Morgan fingerprint density at radius 2 is 1.63 bits per heavy atom. The van der Waals surface area contributed by atoms with Crippen molar-refractivity contribution in [1.29, 1.82) is 0 Å². The van der Waals surface area contributed by atoms with Crippen LogP contribution >= 0.6 is 0 Å². The molecule has 0 aliphatic heterocycles. The van der Waals surface area contributed by atoms with Gasteiger partial charge in [-0.25, -0.2) is 4.98 Å². The van der Waals surface area contributed by atoms with E-state index < -0.39 is 0 Å². The van der Waals surface area contributed by atoms with Crippen LogP contribution in [0, 0.1) is 13.8 Å². The molecule has 3 aromatic rings. The van der Waals surface area contributed by atoms with Crippen LogP contribution in [0.4, 0.5) is 0 Å². The highest BCUT2D eigenvalue weighted by Crippen LogP contribution is 2.25. The lowest BCUT2D eigenvalue weighted by atomic mass is 10.1. The van der Waals surface area contributed by atoms with Gasteiger partial charge in [0.05, 0.1) is 11.4 Å². The molecule has 3 rings (SSSR count). The van der Waals surface area contributed by atoms with Gasteiger partial charge in [0.1, 0.15) is 5.65 Å². The van der Waals surface area contributed by atoms with E-state index in [1.807, 2.05) is 0 Å². The standard InChI is InChI=1S/C17H18N2/c1-4-15-17(14-8-5-12(2)6-9-14)18-16-10-7-13(3)11-19(15)16/h5-11H,4H2,1-3H3. The van der Waals surface area contributed by atoms with Crippen molar-refractivity contribution in [3.05, 3.63) is 59.4 Å². The minimum Gasteiger partial charge on any atom is -0.303 e. The average molecular weight is 250 g/mol. The van der Waals surface area contributed by atoms with Crippen molar-refractivity contribution in [3.63, 3.8) is 0 Å². The Labute approximate surface area is 113 Å². The number of hydrogen-bond donors (Lipinski definition) is 0. The molecule has 2 nitrogen and oxygen atoms in total. The minimum atomic E-state index is 0.980. The summed E-state index contributed by atoms with van der Waals surface area (Å²) < 4.78 is 2.21. The molecule has 0 saturated carbocycles. The quantitative estimate of drug-likeness (QED) is 0.667. The van der Waals surface area contributed by atoms with Crippen LogP contribution < -0.4 is 0 Å². The molecule has 0 N–H and O–H groups in total. The molecule has 0 saturated heterocycles. The van der Waals surface area contributed by atoms with Crippen LogP contribution in [0.2, 0.25) is 0 Å². The van der Waals surface area contributed by atoms with Gasteiger partial charge < -0.3 is 4.40 Å². The summed E-state index contributed by atoms with van der Waals surface area (Å²) in [4.78, 5) is 4.79. The average Bonchev–Trinajstić information content (AvgIpc) is 2.77. The number of aromatic nitrogens is 2. The number of nitrogens with zero attached hydrogens (tertiary/aromatic N) is 2. The van der Waals surface area contributed by atoms with Crippen molar-refractivity contribution in [3.8, 4) is 11.3 Å². The fourth-order valence-corrected chi connectivity index (χ4v) is 2.48. The Morgan fingerprint density at radius 3 is 2.32 bits per heavy atom. The van der Waals surface area contributed by atoms with Crippen molar-refractivity contribution >= 4 is 5.65 Å². The maximum absolute atomic E-state index is 4.79. The second-order valence-electron chi connectivity index (χ2n) is 5.06. The molecule has 0 aliphatic carbocycles. The predicted molar refractivity (Wildman–Crippen MR) is 79.5 cm³/mol. The third-order valence-corrected chi connectivity index (χ3v) is 3.53. The summed E-state index contributed by atoms with van der Waals surface area (Å²) >= 11 is 0. The van der Waals surface area contributed by atoms with E-state index in [9.17, 15) is 0 Å². The summed E-state index contributed by atoms with van der Waals surface area (Å²) in [7, 11) is 0. The van der Waals surface area contributed by atoms with Gasteiger partial charge in [0.15, 0.2) is 0 Å². The largest absolute Gasteiger partial charge is 0.303 e. The van der Waals surface area contributed by atoms with Crippen LogP contribution in [-0.4, -0.2) is 9.38 Å². The maximum Gasteiger partial charge on any atom is 0.137 e. The monoisotopic (exact) mass is 250 g/mol. The number of pyridine rings is 1. The normalized spacial score (nSPS) is 11.1. The molecule has 2 aromatic heterocycles. The highest BCUT2D eigenvalue weighted by molar-refractivity contribution is 5.67. The molecule has 0 spiro atoms. The first-order valence-electron chi connectivity index (χ1n) is 6.73. The van der Waals surface area contributed by atoms with Crippen LogP contribution in [0.3, 0.4) is 0 Å². The van der Waals surface area contributed by atoms with E-state index in [4.69, 9.17) is 4.98 Å². The van der Waals surface area contributed by atoms with Gasteiger partial charge in [0, 0.05) is 11.8 Å². The first kappa shape index (κ1) is 12.0. The van der Waals surface area contributed by atoms with E-state index in [2.05, 4.69) is 67.8 Å². The highest BCUT2D eigenvalue weighted by Gasteiger charge is 2.12. The number of rotatable bonds is 2. The number of benzene rings is 1. The van der Waals surface area contributed by atoms with E-state index >= 15 is 0 Å². The fraction of sp³-hybridized carbons (Fsp3) is 0.235. The zero-order valence-electron chi connectivity index (χ0n) is 11.6. The molecule has 96 valence electrons. The highest BCUT2D eigenvalue weighted by atomic mass is 15.0. The van der Waals surface area contributed by atoms with Crippen molar-refractivity contribution in [2.24, 2.45) is 0 Å². The topological polar surface area (TPSA) is 17.3 Å². The van der Waals surface area contributed by atoms with Crippen LogP contribution in [0.5, 0.6) is 0 Å². The number of aryl methyl sites for hydroxylation is 3. The van der Waals surface area contributed by atoms with E-state index in [1.54, 1.807) is 0 Å². The third kappa shape index (κ3) is 2.03. The zero-order chi connectivity index (χ0) is 13.4. The molecule has 0 radical (unpaired) electrons. The number of hydrogen-bond acceptors (Lipinski definition) is 1. The molecule has 0 bridgehead atoms. The smallest absolute Gasteiger partial charge is 0.137 e. The zero-order valence-corrected chi connectivity index (χ0v) is 11.6. The first-order chi connectivity index (χ1) is 9.19. The molecule has 0 atom stereocenters. The minimum absolute atomic E-state index is 0.980. The predicted octanol–water partition coefficient (Wildman–Crippen LogP) is 4.18. The van der Waals surface area contributed by atoms with E-state index in [1.165, 1.54) is 22.4 Å². The van der Waals surface area contributed by atoms with E-state index in [-0.39, 0.29) is 0 Å². The van der Waals surface area contributed by atoms with Gasteiger partial charge in [-0.2, -0.15) is 0 Å². The molecule has 0 fully saturated rings. The molecule has 0 amide bonds. The van der Waals surface area contributed by atoms with Gasteiger partial charge in [-0.1, -0.05) is 42.8 Å². The lowest BCUT2D eigenvalue weighted by molar-refractivity contribution is 0.990. The van der Waals surface area contributed by atoms with Gasteiger partial charge in [-0.3, -0.25) is 0 Å². The Morgan fingerprint density at radius 1 is 0.947 bits per heavy atom. The van der Waals surface area contributed by atoms with Crippen molar-refractivity contribution in [2.75, 3.05) is 0 Å². The molecule has 2 heterocycles. The summed E-state index contributed by atoms with van der Waals surface area (Å²) in [5.74, 6) is 0. The summed E-state index contributed by atoms with van der Waals surface area (Å²) in [5, 5.41) is 0. The fourth-order valence-electron chi connectivity index (χ4n) is 2.48. The molecule has 2 heteroatoms. The SMILES string of the molecule is CCc1c(-c2ccc(C)cc2)nc2ccc(C)cn12. The van der Waals surface area contributed by atoms with Crippen LogP contribution in [0.1, 0.15) is 23.7 Å². The van der Waals surface area contributed by atoms with Crippen molar-refractivity contribution < 1.29 is 0 Å². The summed E-state index contributed by atoms with van der Waals surface area (Å²) in [6.45, 7) is 6.41. The summed E-state index contributed by atoms with van der Waals surface area (Å²) in [5.41, 5.74) is 7.15. The van der Waals surface area contributed by atoms with Crippen LogP contribution in [-0.2, 0) is 6.42 Å². The summed E-state index contributed by atoms with van der Waals surface area (Å²) in [6, 6.07) is 12.8. The molecular formula is C17H18N2. The van der Waals surface area contributed by atoms with Crippen molar-refractivity contribution in [1.82, 2.24) is 9.38 Å². The Bertz CT molecular complexity index is 721. The third-order valence-electron chi connectivity index (χ3n) is 3.53.